The molecule has 0 radical (unpaired) electrons. The average molecular weight is 264 g/mol. The van der Waals surface area contributed by atoms with Gasteiger partial charge in [0.2, 0.25) is 0 Å². The SMILES string of the molecule is CC1CCCC(C(N)c2cccc(F)c2)(N(C)C)C1. The van der Waals surface area contributed by atoms with Crippen LogP contribution in [0.2, 0.25) is 0 Å². The number of hydrogen-bond acceptors (Lipinski definition) is 2. The van der Waals surface area contributed by atoms with Crippen LogP contribution in [-0.2, 0) is 0 Å². The van der Waals surface area contributed by atoms with Crippen molar-refractivity contribution in [2.75, 3.05) is 14.1 Å². The second kappa shape index (κ2) is 5.59. The van der Waals surface area contributed by atoms with Gasteiger partial charge in [-0.2, -0.15) is 0 Å². The van der Waals surface area contributed by atoms with Gasteiger partial charge in [0, 0.05) is 11.6 Å². The Morgan fingerprint density at radius 1 is 1.42 bits per heavy atom. The molecule has 1 fully saturated rings. The Bertz CT molecular complexity index is 433. The number of halogens is 1. The van der Waals surface area contributed by atoms with Gasteiger partial charge in [-0.15, -0.1) is 0 Å². The highest BCUT2D eigenvalue weighted by molar-refractivity contribution is 5.24. The maximum atomic E-state index is 13.4. The zero-order valence-corrected chi connectivity index (χ0v) is 12.2. The molecule has 0 heterocycles. The van der Waals surface area contributed by atoms with Crippen LogP contribution in [0.3, 0.4) is 0 Å². The topological polar surface area (TPSA) is 29.3 Å². The van der Waals surface area contributed by atoms with Crippen LogP contribution in [0.15, 0.2) is 24.3 Å². The number of benzene rings is 1. The van der Waals surface area contributed by atoms with Gasteiger partial charge in [0.05, 0.1) is 0 Å². The number of nitrogens with zero attached hydrogens (tertiary/aromatic N) is 1. The van der Waals surface area contributed by atoms with Crippen LogP contribution in [0.1, 0.15) is 44.2 Å². The maximum absolute atomic E-state index is 13.4. The zero-order chi connectivity index (χ0) is 14.0. The fourth-order valence-electron chi connectivity index (χ4n) is 3.54. The van der Waals surface area contributed by atoms with Gasteiger partial charge in [-0.25, -0.2) is 4.39 Å². The molecular weight excluding hydrogens is 239 g/mol. The highest BCUT2D eigenvalue weighted by Crippen LogP contribution is 2.42. The van der Waals surface area contributed by atoms with Gasteiger partial charge in [0.1, 0.15) is 5.82 Å². The molecule has 3 unspecified atom stereocenters. The van der Waals surface area contributed by atoms with Crippen LogP contribution in [0.4, 0.5) is 4.39 Å². The van der Waals surface area contributed by atoms with E-state index in [-0.39, 0.29) is 17.4 Å². The third-order valence-electron chi connectivity index (χ3n) is 4.69. The minimum absolute atomic E-state index is 0.0501. The van der Waals surface area contributed by atoms with Crippen molar-refractivity contribution in [3.05, 3.63) is 35.6 Å². The lowest BCUT2D eigenvalue weighted by atomic mass is 9.70. The quantitative estimate of drug-likeness (QED) is 0.907. The van der Waals surface area contributed by atoms with Crippen molar-refractivity contribution in [3.63, 3.8) is 0 Å². The summed E-state index contributed by atoms with van der Waals surface area (Å²) >= 11 is 0. The van der Waals surface area contributed by atoms with Crippen LogP contribution >= 0.6 is 0 Å². The van der Waals surface area contributed by atoms with Crippen LogP contribution in [-0.4, -0.2) is 24.5 Å². The molecular formula is C16H25FN2. The molecule has 2 nitrogen and oxygen atoms in total. The minimum Gasteiger partial charge on any atom is -0.322 e. The van der Waals surface area contributed by atoms with E-state index in [4.69, 9.17) is 5.73 Å². The van der Waals surface area contributed by atoms with E-state index in [2.05, 4.69) is 25.9 Å². The monoisotopic (exact) mass is 264 g/mol. The lowest BCUT2D eigenvalue weighted by Crippen LogP contribution is -2.54. The van der Waals surface area contributed by atoms with Crippen LogP contribution in [0, 0.1) is 11.7 Å². The highest BCUT2D eigenvalue weighted by atomic mass is 19.1. The predicted octanol–water partition coefficient (Wildman–Crippen LogP) is 3.34. The molecule has 2 rings (SSSR count). The van der Waals surface area contributed by atoms with Gasteiger partial charge >= 0.3 is 0 Å². The fourth-order valence-corrected chi connectivity index (χ4v) is 3.54. The smallest absolute Gasteiger partial charge is 0.123 e. The van der Waals surface area contributed by atoms with E-state index in [1.807, 2.05) is 6.07 Å². The first kappa shape index (κ1) is 14.5. The predicted molar refractivity (Wildman–Crippen MR) is 77.4 cm³/mol. The van der Waals surface area contributed by atoms with Crippen LogP contribution in [0.25, 0.3) is 0 Å². The van der Waals surface area contributed by atoms with Gasteiger partial charge in [0.25, 0.3) is 0 Å². The van der Waals surface area contributed by atoms with Crippen molar-refractivity contribution in [1.29, 1.82) is 0 Å². The van der Waals surface area contributed by atoms with Crippen molar-refractivity contribution in [2.45, 2.75) is 44.2 Å². The first-order valence-electron chi connectivity index (χ1n) is 7.14. The number of nitrogens with two attached hydrogens (primary N) is 1. The minimum atomic E-state index is -0.203. The molecule has 1 saturated carbocycles. The lowest BCUT2D eigenvalue weighted by Gasteiger charge is -2.49. The van der Waals surface area contributed by atoms with Gasteiger partial charge in [0.15, 0.2) is 0 Å². The number of rotatable bonds is 3. The Kier molecular flexibility index (Phi) is 4.26. The number of likely N-dealkylation sites (N-methyl/N-ethyl adjacent to an activating group) is 1. The Morgan fingerprint density at radius 3 is 2.74 bits per heavy atom. The van der Waals surface area contributed by atoms with Crippen molar-refractivity contribution in [1.82, 2.24) is 4.90 Å². The summed E-state index contributed by atoms with van der Waals surface area (Å²) in [6.45, 7) is 2.29. The van der Waals surface area contributed by atoms with E-state index in [1.54, 1.807) is 12.1 Å². The Labute approximate surface area is 115 Å². The van der Waals surface area contributed by atoms with E-state index in [0.717, 1.165) is 18.4 Å². The molecule has 0 saturated heterocycles. The largest absolute Gasteiger partial charge is 0.322 e. The summed E-state index contributed by atoms with van der Waals surface area (Å²) in [6, 6.07) is 6.61. The summed E-state index contributed by atoms with van der Waals surface area (Å²) in [4.78, 5) is 2.25. The average Bonchev–Trinajstić information content (AvgIpc) is 2.37. The molecule has 3 atom stereocenters. The molecule has 0 aliphatic heterocycles. The molecule has 106 valence electrons. The summed E-state index contributed by atoms with van der Waals surface area (Å²) in [7, 11) is 4.19. The van der Waals surface area contributed by atoms with Gasteiger partial charge < -0.3 is 10.6 Å². The van der Waals surface area contributed by atoms with Gasteiger partial charge in [-0.05, 0) is 50.6 Å². The van der Waals surface area contributed by atoms with E-state index < -0.39 is 0 Å². The Morgan fingerprint density at radius 2 is 2.16 bits per heavy atom. The molecule has 1 aromatic rings. The van der Waals surface area contributed by atoms with E-state index in [0.29, 0.717) is 5.92 Å². The van der Waals surface area contributed by atoms with E-state index >= 15 is 0 Å². The summed E-state index contributed by atoms with van der Waals surface area (Å²) in [5.41, 5.74) is 7.38. The fraction of sp³-hybridized carbons (Fsp3) is 0.625. The first-order chi connectivity index (χ1) is 8.95. The summed E-state index contributed by atoms with van der Waals surface area (Å²) in [5.74, 6) is 0.474. The molecule has 2 N–H and O–H groups in total. The van der Waals surface area contributed by atoms with Crippen LogP contribution in [0.5, 0.6) is 0 Å². The van der Waals surface area contributed by atoms with Crippen molar-refractivity contribution in [3.8, 4) is 0 Å². The summed E-state index contributed by atoms with van der Waals surface area (Å²) < 4.78 is 13.4. The Balaban J connectivity index is 2.33. The molecule has 0 spiro atoms. The third kappa shape index (κ3) is 2.82. The second-order valence-electron chi connectivity index (χ2n) is 6.23. The van der Waals surface area contributed by atoms with Gasteiger partial charge in [-0.1, -0.05) is 31.9 Å². The van der Waals surface area contributed by atoms with Crippen molar-refractivity contribution in [2.24, 2.45) is 11.7 Å². The molecule has 1 aliphatic rings. The van der Waals surface area contributed by atoms with E-state index in [9.17, 15) is 4.39 Å². The zero-order valence-electron chi connectivity index (χ0n) is 12.2. The summed E-state index contributed by atoms with van der Waals surface area (Å²) in [5, 5.41) is 0. The van der Waals surface area contributed by atoms with Crippen LogP contribution < -0.4 is 5.73 Å². The maximum Gasteiger partial charge on any atom is 0.123 e. The Hall–Kier alpha value is -0.930. The van der Waals surface area contributed by atoms with E-state index in [1.165, 1.54) is 18.9 Å². The molecule has 0 bridgehead atoms. The molecule has 0 amide bonds. The third-order valence-corrected chi connectivity index (χ3v) is 4.69. The molecule has 0 aromatic heterocycles. The van der Waals surface area contributed by atoms with Crippen molar-refractivity contribution >= 4 is 0 Å². The number of hydrogen-bond donors (Lipinski definition) is 1. The molecule has 19 heavy (non-hydrogen) atoms. The van der Waals surface area contributed by atoms with Gasteiger partial charge in [-0.3, -0.25) is 0 Å². The highest BCUT2D eigenvalue weighted by Gasteiger charge is 2.42. The lowest BCUT2D eigenvalue weighted by molar-refractivity contribution is 0.0499. The van der Waals surface area contributed by atoms with Crippen molar-refractivity contribution < 1.29 is 4.39 Å². The molecule has 3 heteroatoms. The molecule has 1 aliphatic carbocycles. The summed E-state index contributed by atoms with van der Waals surface area (Å²) in [6.07, 6.45) is 4.63. The first-order valence-corrected chi connectivity index (χ1v) is 7.14. The normalized spacial score (nSPS) is 29.5. The molecule has 1 aromatic carbocycles. The second-order valence-corrected chi connectivity index (χ2v) is 6.23. The standard InChI is InChI=1S/C16H25FN2/c1-12-6-5-9-16(11-12,19(2)3)15(18)13-7-4-8-14(17)10-13/h4,7-8,10,12,15H,5-6,9,11,18H2,1-3H3.